The van der Waals surface area contributed by atoms with E-state index in [4.69, 9.17) is 9.97 Å². The third kappa shape index (κ3) is 7.83. The molecule has 2 heterocycles. The van der Waals surface area contributed by atoms with Crippen LogP contribution in [0, 0.1) is 0 Å². The molecular formula is C49H46N4. The molecule has 0 atom stereocenters. The van der Waals surface area contributed by atoms with Crippen molar-refractivity contribution in [3.63, 3.8) is 0 Å². The van der Waals surface area contributed by atoms with Crippen LogP contribution < -0.4 is 0 Å². The van der Waals surface area contributed by atoms with Gasteiger partial charge in [0.25, 0.3) is 0 Å². The van der Waals surface area contributed by atoms with Crippen LogP contribution >= 0.6 is 0 Å². The first-order valence-electron chi connectivity index (χ1n) is 18.6. The smallest absolute Gasteiger partial charge is 0.138 e. The van der Waals surface area contributed by atoms with Crippen LogP contribution in [0.3, 0.4) is 0 Å². The van der Waals surface area contributed by atoms with E-state index < -0.39 is 0 Å². The molecular weight excluding hydrogens is 645 g/mol. The average molecular weight is 691 g/mol. The van der Waals surface area contributed by atoms with E-state index in [1.165, 1.54) is 16.7 Å². The molecule has 0 bridgehead atoms. The number of H-pyrrole nitrogens is 2. The molecule has 0 saturated heterocycles. The molecule has 0 unspecified atom stereocenters. The third-order valence-electron chi connectivity index (χ3n) is 9.86. The second-order valence-electron chi connectivity index (χ2n) is 13.4. The largest absolute Gasteiger partial charge is 0.337 e. The number of aryl methyl sites for hydroxylation is 2. The first-order valence-corrected chi connectivity index (χ1v) is 18.6. The molecule has 0 fully saturated rings. The van der Waals surface area contributed by atoms with Crippen molar-refractivity contribution in [2.24, 2.45) is 0 Å². The van der Waals surface area contributed by atoms with Crippen LogP contribution in [0.2, 0.25) is 0 Å². The quantitative estimate of drug-likeness (QED) is 0.118. The normalized spacial score (nSPS) is 12.1. The summed E-state index contributed by atoms with van der Waals surface area (Å²) < 4.78 is 0. The highest BCUT2D eigenvalue weighted by Crippen LogP contribution is 2.36. The number of nitrogens with zero attached hydrogens (tertiary/aromatic N) is 2. The number of aromatic amines is 2. The van der Waals surface area contributed by atoms with Gasteiger partial charge in [-0.1, -0.05) is 172 Å². The summed E-state index contributed by atoms with van der Waals surface area (Å²) >= 11 is 0. The Balaban J connectivity index is 1.21. The topological polar surface area (TPSA) is 57.4 Å². The van der Waals surface area contributed by atoms with Gasteiger partial charge in [0.2, 0.25) is 0 Å². The molecule has 4 heteroatoms. The van der Waals surface area contributed by atoms with Gasteiger partial charge < -0.3 is 9.97 Å². The molecule has 0 aliphatic heterocycles. The van der Waals surface area contributed by atoms with Crippen LogP contribution in [-0.2, 0) is 12.8 Å². The summed E-state index contributed by atoms with van der Waals surface area (Å²) in [5.41, 5.74) is 15.6. The number of hydrogen-bond donors (Lipinski definition) is 2. The molecule has 5 aromatic carbocycles. The van der Waals surface area contributed by atoms with E-state index in [-0.39, 0.29) is 0 Å². The zero-order valence-corrected chi connectivity index (χ0v) is 30.9. The van der Waals surface area contributed by atoms with E-state index in [0.717, 1.165) is 99.1 Å². The number of nitrogens with one attached hydrogen (secondary N) is 2. The SMILES string of the molecule is C=C/C(CC)=C(\C=C(/C)CCc1ccc(CC)c(-c2nc(-c3ccccc3)c(-c3ccccc3)[nH]2)c1)c1nc(-c2ccccc2)c(-c2ccccc2)[nH]1. The highest BCUT2D eigenvalue weighted by atomic mass is 14.9. The van der Waals surface area contributed by atoms with E-state index in [9.17, 15) is 0 Å². The van der Waals surface area contributed by atoms with E-state index in [2.05, 4.69) is 165 Å². The molecule has 2 N–H and O–H groups in total. The molecule has 53 heavy (non-hydrogen) atoms. The summed E-state index contributed by atoms with van der Waals surface area (Å²) in [6.45, 7) is 10.8. The molecule has 0 aliphatic rings. The predicted octanol–water partition coefficient (Wildman–Crippen LogP) is 13.0. The molecule has 7 aromatic rings. The van der Waals surface area contributed by atoms with E-state index in [1.807, 2.05) is 24.3 Å². The maximum absolute atomic E-state index is 5.25. The zero-order valence-electron chi connectivity index (χ0n) is 30.9. The number of allylic oxidation sites excluding steroid dienone is 5. The molecule has 262 valence electrons. The molecule has 0 saturated carbocycles. The van der Waals surface area contributed by atoms with Crippen molar-refractivity contribution >= 4 is 5.57 Å². The third-order valence-corrected chi connectivity index (χ3v) is 9.86. The maximum atomic E-state index is 5.25. The highest BCUT2D eigenvalue weighted by Gasteiger charge is 2.19. The van der Waals surface area contributed by atoms with Gasteiger partial charge in [0.05, 0.1) is 22.8 Å². The Bertz CT molecular complexity index is 2250. The van der Waals surface area contributed by atoms with Crippen molar-refractivity contribution in [1.82, 2.24) is 19.9 Å². The Labute approximate surface area is 313 Å². The lowest BCUT2D eigenvalue weighted by molar-refractivity contribution is 0.938. The second-order valence-corrected chi connectivity index (χ2v) is 13.4. The van der Waals surface area contributed by atoms with Crippen LogP contribution in [0.5, 0.6) is 0 Å². The van der Waals surface area contributed by atoms with Gasteiger partial charge in [-0.25, -0.2) is 9.97 Å². The van der Waals surface area contributed by atoms with Gasteiger partial charge in [-0.2, -0.15) is 0 Å². The molecule has 0 spiro atoms. The summed E-state index contributed by atoms with van der Waals surface area (Å²) in [6, 6.07) is 48.7. The number of aromatic nitrogens is 4. The predicted molar refractivity (Wildman–Crippen MR) is 223 cm³/mol. The highest BCUT2D eigenvalue weighted by molar-refractivity contribution is 5.84. The van der Waals surface area contributed by atoms with E-state index >= 15 is 0 Å². The fourth-order valence-electron chi connectivity index (χ4n) is 6.96. The lowest BCUT2D eigenvalue weighted by Gasteiger charge is -2.11. The molecule has 0 amide bonds. The molecule has 4 nitrogen and oxygen atoms in total. The van der Waals surface area contributed by atoms with Crippen LogP contribution in [0.15, 0.2) is 169 Å². The Hall–Kier alpha value is -6.26. The summed E-state index contributed by atoms with van der Waals surface area (Å²) in [5.74, 6) is 1.76. The Morgan fingerprint density at radius 1 is 0.642 bits per heavy atom. The van der Waals surface area contributed by atoms with Crippen LogP contribution in [0.25, 0.3) is 62.0 Å². The Morgan fingerprint density at radius 3 is 1.70 bits per heavy atom. The average Bonchev–Trinajstić information content (AvgIpc) is 3.88. The van der Waals surface area contributed by atoms with Crippen molar-refractivity contribution in [1.29, 1.82) is 0 Å². The molecule has 0 radical (unpaired) electrons. The van der Waals surface area contributed by atoms with Gasteiger partial charge in [0, 0.05) is 33.4 Å². The lowest BCUT2D eigenvalue weighted by atomic mass is 9.96. The van der Waals surface area contributed by atoms with Gasteiger partial charge in [-0.3, -0.25) is 0 Å². The van der Waals surface area contributed by atoms with E-state index in [1.54, 1.807) is 0 Å². The first kappa shape index (κ1) is 35.2. The van der Waals surface area contributed by atoms with Crippen LogP contribution in [-0.4, -0.2) is 19.9 Å². The van der Waals surface area contributed by atoms with Gasteiger partial charge in [0.1, 0.15) is 11.6 Å². The van der Waals surface area contributed by atoms with Crippen molar-refractivity contribution in [2.75, 3.05) is 0 Å². The van der Waals surface area contributed by atoms with Crippen LogP contribution in [0.4, 0.5) is 0 Å². The monoisotopic (exact) mass is 690 g/mol. The molecule has 0 aliphatic carbocycles. The minimum absolute atomic E-state index is 0.853. The fraction of sp³-hybridized carbons (Fsp3) is 0.143. The minimum Gasteiger partial charge on any atom is -0.337 e. The summed E-state index contributed by atoms with van der Waals surface area (Å²) in [7, 11) is 0. The Morgan fingerprint density at radius 2 is 1.17 bits per heavy atom. The van der Waals surface area contributed by atoms with E-state index in [0.29, 0.717) is 0 Å². The van der Waals surface area contributed by atoms with Crippen molar-refractivity contribution in [3.05, 3.63) is 186 Å². The standard InChI is InChI=1S/C49H46N4/c1-5-36(6-2)42(48-50-44(38-20-12-8-13-21-38)45(51-48)39-22-14-9-15-23-39)32-34(4)28-29-35-30-31-37(7-3)43(33-35)49-52-46(40-24-16-10-17-25-40)47(53-49)41-26-18-11-19-27-41/h5,8-27,30-33H,1,6-7,28-29H2,2-4H3,(H,50,51)(H,52,53)/b34-32+,42-36-. The van der Waals surface area contributed by atoms with Crippen molar-refractivity contribution < 1.29 is 0 Å². The summed E-state index contributed by atoms with van der Waals surface area (Å²) in [6.07, 6.45) is 7.86. The second kappa shape index (κ2) is 16.4. The van der Waals surface area contributed by atoms with Gasteiger partial charge >= 0.3 is 0 Å². The number of rotatable bonds is 13. The minimum atomic E-state index is 0.853. The first-order chi connectivity index (χ1) is 26.1. The zero-order chi connectivity index (χ0) is 36.6. The lowest BCUT2D eigenvalue weighted by Crippen LogP contribution is -1.95. The maximum Gasteiger partial charge on any atom is 0.138 e. The number of imidazole rings is 2. The summed E-state index contributed by atoms with van der Waals surface area (Å²) in [4.78, 5) is 17.9. The van der Waals surface area contributed by atoms with Crippen molar-refractivity contribution in [3.8, 4) is 56.4 Å². The number of benzene rings is 5. The Kier molecular flexibility index (Phi) is 10.9. The van der Waals surface area contributed by atoms with Crippen LogP contribution in [0.1, 0.15) is 50.6 Å². The van der Waals surface area contributed by atoms with Crippen molar-refractivity contribution in [2.45, 2.75) is 46.5 Å². The fourth-order valence-corrected chi connectivity index (χ4v) is 6.96. The number of hydrogen-bond acceptors (Lipinski definition) is 2. The van der Waals surface area contributed by atoms with Gasteiger partial charge in [-0.15, -0.1) is 0 Å². The van der Waals surface area contributed by atoms with Gasteiger partial charge in [0.15, 0.2) is 0 Å². The molecule has 2 aromatic heterocycles. The van der Waals surface area contributed by atoms with Gasteiger partial charge in [-0.05, 0) is 55.4 Å². The summed E-state index contributed by atoms with van der Waals surface area (Å²) in [5, 5.41) is 0. The molecule has 7 rings (SSSR count).